The maximum Gasteiger partial charge on any atom is 0.323 e. The van der Waals surface area contributed by atoms with Crippen LogP contribution in [0.4, 0.5) is 20.6 Å². The third-order valence-electron chi connectivity index (χ3n) is 5.19. The van der Waals surface area contributed by atoms with Gasteiger partial charge in [-0.25, -0.2) is 14.2 Å². The number of anilines is 2. The summed E-state index contributed by atoms with van der Waals surface area (Å²) in [5.74, 6) is 0.0519. The summed E-state index contributed by atoms with van der Waals surface area (Å²) in [5, 5.41) is 5.31. The Labute approximate surface area is 181 Å². The molecule has 2 amide bonds. The van der Waals surface area contributed by atoms with Crippen molar-refractivity contribution >= 4 is 28.4 Å². The zero-order valence-electron chi connectivity index (χ0n) is 17.0. The summed E-state index contributed by atoms with van der Waals surface area (Å²) in [4.78, 5) is 35.4. The van der Waals surface area contributed by atoms with Crippen LogP contribution in [0.2, 0.25) is 0 Å². The van der Waals surface area contributed by atoms with Crippen LogP contribution in [0.5, 0.6) is 0 Å². The van der Waals surface area contributed by atoms with E-state index in [2.05, 4.69) is 25.6 Å². The largest absolute Gasteiger partial charge is 0.338 e. The molecule has 0 radical (unpaired) electrons. The Morgan fingerprint density at radius 3 is 2.50 bits per heavy atom. The smallest absolute Gasteiger partial charge is 0.323 e. The number of amides is 2. The average Bonchev–Trinajstić information content (AvgIpc) is 3.22. The minimum absolute atomic E-state index is 0.228. The molecule has 1 aliphatic heterocycles. The highest BCUT2D eigenvalue weighted by molar-refractivity contribution is 6.01. The minimum Gasteiger partial charge on any atom is -0.338 e. The number of H-pyrrole nitrogens is 2. The van der Waals surface area contributed by atoms with Gasteiger partial charge in [-0.15, -0.1) is 0 Å². The van der Waals surface area contributed by atoms with Crippen LogP contribution in [0.1, 0.15) is 5.56 Å². The molecule has 32 heavy (non-hydrogen) atoms. The molecule has 0 fully saturated rings. The standard InChI is InChI=1S/C24H18FN5O2/c1-13-7-8-14(11-17(13)25)26-24(32)27-15-9-10-19-20(12-15)29-22(28-19)21-16-5-3-2-4-6-18(16)30-23(21)31/h2-12H,1H3,(H,28,29)(H,30,31)(H2,26,27,32). The van der Waals surface area contributed by atoms with Crippen molar-refractivity contribution in [3.63, 3.8) is 0 Å². The first-order valence-corrected chi connectivity index (χ1v) is 9.93. The fourth-order valence-corrected chi connectivity index (χ4v) is 3.58. The quantitative estimate of drug-likeness (QED) is 0.322. The first kappa shape index (κ1) is 19.5. The average molecular weight is 427 g/mol. The molecule has 0 spiro atoms. The van der Waals surface area contributed by atoms with Gasteiger partial charge in [0, 0.05) is 22.6 Å². The Balaban J connectivity index is 1.42. The van der Waals surface area contributed by atoms with Gasteiger partial charge >= 0.3 is 6.03 Å². The number of aromatic nitrogens is 3. The normalized spacial score (nSPS) is 11.1. The van der Waals surface area contributed by atoms with Gasteiger partial charge in [0.1, 0.15) is 11.6 Å². The number of nitrogens with one attached hydrogen (secondary N) is 4. The molecule has 1 aliphatic carbocycles. The van der Waals surface area contributed by atoms with Crippen LogP contribution in [0.15, 0.2) is 71.5 Å². The number of nitrogens with zero attached hydrogens (tertiary/aromatic N) is 1. The van der Waals surface area contributed by atoms with Gasteiger partial charge in [-0.2, -0.15) is 0 Å². The molecule has 1 aromatic heterocycles. The zero-order chi connectivity index (χ0) is 22.2. The lowest BCUT2D eigenvalue weighted by Gasteiger charge is -2.08. The summed E-state index contributed by atoms with van der Waals surface area (Å²) in [7, 11) is 0. The molecule has 8 heteroatoms. The van der Waals surface area contributed by atoms with E-state index in [1.165, 1.54) is 6.07 Å². The van der Waals surface area contributed by atoms with Gasteiger partial charge in [-0.1, -0.05) is 30.3 Å². The van der Waals surface area contributed by atoms with E-state index in [0.29, 0.717) is 33.8 Å². The molecule has 2 aliphatic rings. The molecule has 7 nitrogen and oxygen atoms in total. The third-order valence-corrected chi connectivity index (χ3v) is 5.19. The molecule has 5 rings (SSSR count). The Kier molecular flexibility index (Phi) is 4.67. The minimum atomic E-state index is -0.505. The molecule has 0 bridgehead atoms. The SMILES string of the molecule is Cc1ccc(NC(=O)Nc2ccc3[nH]c(-c4c5cccccc-5[nH]c4=O)nc3c2)cc1F. The van der Waals surface area contributed by atoms with Crippen molar-refractivity contribution in [1.82, 2.24) is 15.0 Å². The number of halogens is 1. The van der Waals surface area contributed by atoms with Crippen LogP contribution in [0, 0.1) is 12.7 Å². The van der Waals surface area contributed by atoms with Crippen LogP contribution in [-0.4, -0.2) is 21.0 Å². The molecule has 0 unspecified atom stereocenters. The number of rotatable bonds is 3. The molecule has 0 atom stereocenters. The summed E-state index contributed by atoms with van der Waals surface area (Å²) in [6, 6.07) is 18.5. The molecule has 2 heterocycles. The van der Waals surface area contributed by atoms with Crippen molar-refractivity contribution in [1.29, 1.82) is 0 Å². The first-order valence-electron chi connectivity index (χ1n) is 9.93. The van der Waals surface area contributed by atoms with E-state index >= 15 is 0 Å². The van der Waals surface area contributed by atoms with E-state index in [-0.39, 0.29) is 5.56 Å². The third kappa shape index (κ3) is 3.58. The van der Waals surface area contributed by atoms with Gasteiger partial charge in [0.2, 0.25) is 0 Å². The van der Waals surface area contributed by atoms with Crippen molar-refractivity contribution in [3.8, 4) is 22.6 Å². The van der Waals surface area contributed by atoms with Crippen molar-refractivity contribution < 1.29 is 9.18 Å². The van der Waals surface area contributed by atoms with Gasteiger partial charge in [0.25, 0.3) is 5.56 Å². The maximum atomic E-state index is 13.7. The summed E-state index contributed by atoms with van der Waals surface area (Å²) < 4.78 is 13.7. The predicted molar refractivity (Wildman–Crippen MR) is 123 cm³/mol. The molecular formula is C24H18FN5O2. The number of carbonyl (C=O) groups excluding carboxylic acids is 1. The number of benzene rings is 2. The summed E-state index contributed by atoms with van der Waals surface area (Å²) in [6.07, 6.45) is 0. The monoisotopic (exact) mass is 427 g/mol. The first-order chi connectivity index (χ1) is 15.5. The maximum absolute atomic E-state index is 13.7. The van der Waals surface area contributed by atoms with Crippen molar-refractivity contribution in [2.45, 2.75) is 6.92 Å². The number of aryl methyl sites for hydroxylation is 1. The van der Waals surface area contributed by atoms with Crippen LogP contribution >= 0.6 is 0 Å². The lowest BCUT2D eigenvalue weighted by atomic mass is 10.1. The molecular weight excluding hydrogens is 409 g/mol. The molecule has 3 aromatic rings. The van der Waals surface area contributed by atoms with E-state index in [4.69, 9.17) is 0 Å². The van der Waals surface area contributed by atoms with Gasteiger partial charge in [-0.3, -0.25) is 4.79 Å². The second-order valence-corrected chi connectivity index (χ2v) is 7.43. The topological polar surface area (TPSA) is 103 Å². The predicted octanol–water partition coefficient (Wildman–Crippen LogP) is 5.11. The van der Waals surface area contributed by atoms with Crippen molar-refractivity contribution in [2.75, 3.05) is 10.6 Å². The number of imidazole rings is 1. The second-order valence-electron chi connectivity index (χ2n) is 7.43. The van der Waals surface area contributed by atoms with E-state index < -0.39 is 11.8 Å². The fourth-order valence-electron chi connectivity index (χ4n) is 3.58. The molecule has 158 valence electrons. The van der Waals surface area contributed by atoms with Crippen molar-refractivity contribution in [3.05, 3.63) is 88.5 Å². The molecule has 4 N–H and O–H groups in total. The number of carbonyl (C=O) groups is 1. The highest BCUT2D eigenvalue weighted by Crippen LogP contribution is 2.29. The van der Waals surface area contributed by atoms with Crippen molar-refractivity contribution in [2.24, 2.45) is 0 Å². The van der Waals surface area contributed by atoms with Crippen LogP contribution < -0.4 is 16.2 Å². The lowest BCUT2D eigenvalue weighted by molar-refractivity contribution is 0.262. The summed E-state index contributed by atoms with van der Waals surface area (Å²) in [6.45, 7) is 1.65. The van der Waals surface area contributed by atoms with Gasteiger partial charge < -0.3 is 20.6 Å². The number of aromatic amines is 2. The summed E-state index contributed by atoms with van der Waals surface area (Å²) in [5.41, 5.74) is 4.39. The van der Waals surface area contributed by atoms with E-state index in [0.717, 1.165) is 16.8 Å². The zero-order valence-corrected chi connectivity index (χ0v) is 17.0. The van der Waals surface area contributed by atoms with E-state index in [9.17, 15) is 14.0 Å². The van der Waals surface area contributed by atoms with E-state index in [1.807, 2.05) is 30.3 Å². The van der Waals surface area contributed by atoms with Crippen LogP contribution in [0.3, 0.4) is 0 Å². The Hall–Kier alpha value is -4.46. The Bertz CT molecular complexity index is 1500. The highest BCUT2D eigenvalue weighted by Gasteiger charge is 2.19. The lowest BCUT2D eigenvalue weighted by Crippen LogP contribution is -2.19. The van der Waals surface area contributed by atoms with Gasteiger partial charge in [0.15, 0.2) is 0 Å². The number of hydrogen-bond acceptors (Lipinski definition) is 3. The van der Waals surface area contributed by atoms with Crippen LogP contribution in [0.25, 0.3) is 33.7 Å². The van der Waals surface area contributed by atoms with E-state index in [1.54, 1.807) is 37.3 Å². The molecule has 0 saturated heterocycles. The molecule has 0 saturated carbocycles. The second kappa shape index (κ2) is 7.66. The number of hydrogen-bond donors (Lipinski definition) is 4. The highest BCUT2D eigenvalue weighted by atomic mass is 19.1. The fraction of sp³-hybridized carbons (Fsp3) is 0.0417. The van der Waals surface area contributed by atoms with Crippen LogP contribution in [-0.2, 0) is 0 Å². The number of urea groups is 1. The summed E-state index contributed by atoms with van der Waals surface area (Å²) >= 11 is 0. The number of fused-ring (bicyclic) bond motifs is 2. The van der Waals surface area contributed by atoms with Gasteiger partial charge in [-0.05, 0) is 48.9 Å². The Morgan fingerprint density at radius 2 is 1.69 bits per heavy atom. The molecule has 2 aromatic carbocycles. The Morgan fingerprint density at radius 1 is 0.938 bits per heavy atom. The van der Waals surface area contributed by atoms with Gasteiger partial charge in [0.05, 0.1) is 16.6 Å².